The Balaban J connectivity index is 2.73. The molecule has 1 atom stereocenters. The van der Waals surface area contributed by atoms with E-state index in [0.29, 0.717) is 6.54 Å². The van der Waals surface area contributed by atoms with Gasteiger partial charge in [0.25, 0.3) is 0 Å². The highest BCUT2D eigenvalue weighted by molar-refractivity contribution is 6.30. The molecule has 0 amide bonds. The van der Waals surface area contributed by atoms with Crippen LogP contribution in [0.4, 0.5) is 4.39 Å². The van der Waals surface area contributed by atoms with Gasteiger partial charge in [-0.1, -0.05) is 23.7 Å². The van der Waals surface area contributed by atoms with Crippen molar-refractivity contribution < 1.29 is 9.50 Å². The lowest BCUT2D eigenvalue weighted by atomic mass is 10.1. The summed E-state index contributed by atoms with van der Waals surface area (Å²) in [6.45, 7) is 6.23. The van der Waals surface area contributed by atoms with Crippen LogP contribution in [0.25, 0.3) is 0 Å². The molecule has 1 aromatic carbocycles. The molecule has 16 heavy (non-hydrogen) atoms. The molecule has 0 bridgehead atoms. The molecule has 90 valence electrons. The van der Waals surface area contributed by atoms with E-state index in [1.807, 2.05) is 20.8 Å². The summed E-state index contributed by atoms with van der Waals surface area (Å²) in [5.74, 6) is -0.549. The number of aliphatic hydroxyl groups is 1. The van der Waals surface area contributed by atoms with Gasteiger partial charge in [-0.2, -0.15) is 0 Å². The van der Waals surface area contributed by atoms with Gasteiger partial charge in [0, 0.05) is 17.6 Å². The van der Waals surface area contributed by atoms with E-state index in [1.165, 1.54) is 12.1 Å². The third-order valence-corrected chi connectivity index (χ3v) is 2.46. The van der Waals surface area contributed by atoms with E-state index in [2.05, 4.69) is 5.32 Å². The molecule has 0 saturated heterocycles. The molecule has 1 aromatic rings. The summed E-state index contributed by atoms with van der Waals surface area (Å²) < 4.78 is 13.6. The first-order valence-corrected chi connectivity index (χ1v) is 5.56. The summed E-state index contributed by atoms with van der Waals surface area (Å²) >= 11 is 5.64. The van der Waals surface area contributed by atoms with Crippen LogP contribution in [0.15, 0.2) is 18.2 Å². The Morgan fingerprint density at radius 2 is 2.06 bits per heavy atom. The lowest BCUT2D eigenvalue weighted by Gasteiger charge is -2.23. The summed E-state index contributed by atoms with van der Waals surface area (Å²) in [6.07, 6.45) is -0.891. The monoisotopic (exact) mass is 245 g/mol. The van der Waals surface area contributed by atoms with E-state index in [1.54, 1.807) is 6.07 Å². The molecule has 0 heterocycles. The number of hydrogen-bond donors (Lipinski definition) is 2. The summed E-state index contributed by atoms with van der Waals surface area (Å²) in [4.78, 5) is 0. The van der Waals surface area contributed by atoms with E-state index < -0.39 is 11.9 Å². The molecule has 0 aromatic heterocycles. The van der Waals surface area contributed by atoms with Crippen molar-refractivity contribution in [3.63, 3.8) is 0 Å². The van der Waals surface area contributed by atoms with Gasteiger partial charge < -0.3 is 10.4 Å². The fourth-order valence-corrected chi connectivity index (χ4v) is 1.47. The van der Waals surface area contributed by atoms with Crippen LogP contribution in [0, 0.1) is 5.82 Å². The van der Waals surface area contributed by atoms with Crippen LogP contribution >= 0.6 is 11.6 Å². The Hall–Kier alpha value is -0.640. The number of halogens is 2. The first kappa shape index (κ1) is 13.4. The van der Waals surface area contributed by atoms with Crippen molar-refractivity contribution in [3.8, 4) is 0 Å². The van der Waals surface area contributed by atoms with E-state index in [0.717, 1.165) is 0 Å². The molecule has 0 fully saturated rings. The van der Waals surface area contributed by atoms with Crippen molar-refractivity contribution in [3.05, 3.63) is 34.6 Å². The molecular formula is C12H17ClFNO. The van der Waals surface area contributed by atoms with Gasteiger partial charge in [0.15, 0.2) is 0 Å². The number of benzene rings is 1. The molecule has 0 aliphatic rings. The minimum Gasteiger partial charge on any atom is -0.387 e. The average Bonchev–Trinajstić information content (AvgIpc) is 2.17. The lowest BCUT2D eigenvalue weighted by Crippen LogP contribution is -2.38. The molecule has 2 N–H and O–H groups in total. The number of rotatable bonds is 3. The highest BCUT2D eigenvalue weighted by Gasteiger charge is 2.17. The van der Waals surface area contributed by atoms with Crippen LogP contribution < -0.4 is 5.32 Å². The quantitative estimate of drug-likeness (QED) is 0.858. The van der Waals surface area contributed by atoms with E-state index in [9.17, 15) is 9.50 Å². The topological polar surface area (TPSA) is 32.3 Å². The Morgan fingerprint density at radius 1 is 1.44 bits per heavy atom. The summed E-state index contributed by atoms with van der Waals surface area (Å²) in [5, 5.41) is 13.0. The molecule has 0 aliphatic heterocycles. The smallest absolute Gasteiger partial charge is 0.147 e. The fourth-order valence-electron chi connectivity index (χ4n) is 1.29. The summed E-state index contributed by atoms with van der Waals surface area (Å²) in [7, 11) is 0. The molecule has 4 heteroatoms. The van der Waals surface area contributed by atoms with Crippen LogP contribution in [0.2, 0.25) is 5.02 Å². The highest BCUT2D eigenvalue weighted by atomic mass is 35.5. The first-order valence-electron chi connectivity index (χ1n) is 5.18. The van der Waals surface area contributed by atoms with E-state index >= 15 is 0 Å². The standard InChI is InChI=1S/C12H17ClFNO/c1-12(2,3)15-7-10(16)8-5-4-6-9(13)11(8)14/h4-6,10,15-16H,7H2,1-3H3. The third kappa shape index (κ3) is 3.74. The summed E-state index contributed by atoms with van der Waals surface area (Å²) in [6, 6.07) is 4.63. The molecule has 0 spiro atoms. The van der Waals surface area contributed by atoms with Crippen LogP contribution in [-0.4, -0.2) is 17.2 Å². The lowest BCUT2D eigenvalue weighted by molar-refractivity contribution is 0.159. The molecular weight excluding hydrogens is 229 g/mol. The number of aliphatic hydroxyl groups excluding tert-OH is 1. The van der Waals surface area contributed by atoms with Gasteiger partial charge in [-0.3, -0.25) is 0 Å². The van der Waals surface area contributed by atoms with Gasteiger partial charge in [0.05, 0.1) is 11.1 Å². The largest absolute Gasteiger partial charge is 0.387 e. The van der Waals surface area contributed by atoms with E-state index in [4.69, 9.17) is 11.6 Å². The normalized spacial score (nSPS) is 13.9. The zero-order valence-corrected chi connectivity index (χ0v) is 10.5. The van der Waals surface area contributed by atoms with Crippen LogP contribution in [0.5, 0.6) is 0 Å². The minimum atomic E-state index is -0.891. The van der Waals surface area contributed by atoms with Crippen molar-refractivity contribution in [1.29, 1.82) is 0 Å². The zero-order valence-electron chi connectivity index (χ0n) is 9.72. The van der Waals surface area contributed by atoms with Gasteiger partial charge in [0.1, 0.15) is 5.82 Å². The van der Waals surface area contributed by atoms with Gasteiger partial charge in [-0.25, -0.2) is 4.39 Å². The highest BCUT2D eigenvalue weighted by Crippen LogP contribution is 2.23. The molecule has 0 saturated carbocycles. The van der Waals surface area contributed by atoms with Gasteiger partial charge >= 0.3 is 0 Å². The van der Waals surface area contributed by atoms with Gasteiger partial charge in [-0.15, -0.1) is 0 Å². The maximum Gasteiger partial charge on any atom is 0.147 e. The Kier molecular flexibility index (Phi) is 4.30. The van der Waals surface area contributed by atoms with Crippen molar-refractivity contribution in [2.24, 2.45) is 0 Å². The number of β-amino-alcohol motifs (C(OH)–C–C–N with tert-alkyl or cyclic N) is 1. The Labute approximate surface area is 100 Å². The van der Waals surface area contributed by atoms with Crippen molar-refractivity contribution >= 4 is 11.6 Å². The van der Waals surface area contributed by atoms with Crippen molar-refractivity contribution in [1.82, 2.24) is 5.32 Å². The molecule has 1 rings (SSSR count). The molecule has 1 unspecified atom stereocenters. The second-order valence-corrected chi connectivity index (χ2v) is 5.20. The number of hydrogen-bond acceptors (Lipinski definition) is 2. The fraction of sp³-hybridized carbons (Fsp3) is 0.500. The van der Waals surface area contributed by atoms with Gasteiger partial charge in [0.2, 0.25) is 0 Å². The Bertz CT molecular complexity index is 363. The Morgan fingerprint density at radius 3 is 2.62 bits per heavy atom. The second kappa shape index (κ2) is 5.13. The van der Waals surface area contributed by atoms with Gasteiger partial charge in [-0.05, 0) is 26.8 Å². The summed E-state index contributed by atoms with van der Waals surface area (Å²) in [5.41, 5.74) is 0.111. The zero-order chi connectivity index (χ0) is 12.3. The molecule has 0 radical (unpaired) electrons. The third-order valence-electron chi connectivity index (χ3n) is 2.17. The molecule has 0 aliphatic carbocycles. The van der Waals surface area contributed by atoms with E-state index in [-0.39, 0.29) is 16.1 Å². The predicted molar refractivity (Wildman–Crippen MR) is 64.1 cm³/mol. The van der Waals surface area contributed by atoms with Crippen LogP contribution in [0.3, 0.4) is 0 Å². The predicted octanol–water partition coefficient (Wildman–Crippen LogP) is 2.90. The first-order chi connectivity index (χ1) is 7.31. The van der Waals surface area contributed by atoms with Crippen molar-refractivity contribution in [2.45, 2.75) is 32.4 Å². The minimum absolute atomic E-state index is 0.0345. The number of nitrogens with one attached hydrogen (secondary N) is 1. The SMILES string of the molecule is CC(C)(C)NCC(O)c1cccc(Cl)c1F. The maximum atomic E-state index is 13.6. The maximum absolute atomic E-state index is 13.6. The molecule has 2 nitrogen and oxygen atoms in total. The average molecular weight is 246 g/mol. The van der Waals surface area contributed by atoms with Crippen LogP contribution in [-0.2, 0) is 0 Å². The van der Waals surface area contributed by atoms with Crippen molar-refractivity contribution in [2.75, 3.05) is 6.54 Å². The van der Waals surface area contributed by atoms with Crippen LogP contribution in [0.1, 0.15) is 32.4 Å². The second-order valence-electron chi connectivity index (χ2n) is 4.79.